The van der Waals surface area contributed by atoms with Crippen LogP contribution in [0.2, 0.25) is 0 Å². The fourth-order valence-corrected chi connectivity index (χ4v) is 6.00. The highest BCUT2D eigenvalue weighted by Crippen LogP contribution is 2.46. The van der Waals surface area contributed by atoms with Crippen molar-refractivity contribution in [3.05, 3.63) is 24.4 Å². The van der Waals surface area contributed by atoms with Gasteiger partial charge in [-0.3, -0.25) is 0 Å². The van der Waals surface area contributed by atoms with Crippen molar-refractivity contribution in [1.29, 1.82) is 0 Å². The summed E-state index contributed by atoms with van der Waals surface area (Å²) in [4.78, 5) is 7.99. The number of rotatable bonds is 5. The van der Waals surface area contributed by atoms with Crippen LogP contribution in [0.5, 0.6) is 5.75 Å². The quantitative estimate of drug-likeness (QED) is 0.569. The molecule has 0 radical (unpaired) electrons. The summed E-state index contributed by atoms with van der Waals surface area (Å²) < 4.78 is 16.0. The molecule has 11 heteroatoms. The van der Waals surface area contributed by atoms with Gasteiger partial charge in [-0.25, -0.2) is 9.37 Å². The van der Waals surface area contributed by atoms with Crippen molar-refractivity contribution >= 4 is 5.82 Å². The fraction of sp³-hybridized carbons (Fsp3) is 0.583. The molecule has 6 rings (SSSR count). The van der Waals surface area contributed by atoms with E-state index in [0.717, 1.165) is 38.5 Å². The summed E-state index contributed by atoms with van der Waals surface area (Å²) in [6, 6.07) is 5.04. The minimum absolute atomic E-state index is 0.000552. The molecule has 1 aliphatic carbocycles. The Morgan fingerprint density at radius 3 is 2.63 bits per heavy atom. The monoisotopic (exact) mass is 479 g/mol. The van der Waals surface area contributed by atoms with Gasteiger partial charge in [0.2, 0.25) is 5.82 Å². The molecule has 2 N–H and O–H groups in total. The van der Waals surface area contributed by atoms with Crippen molar-refractivity contribution in [2.75, 3.05) is 4.90 Å². The SMILES string of the molecule is Cn1nnc(-c2ccc(-c3ncc(N(C4CC4)[C@H]4C[C@]5(C)CCC[C@@](C)(N5)[C@H]4F)nn3)c(O)c2)n1. The molecule has 2 aromatic heterocycles. The predicted molar refractivity (Wildman–Crippen MR) is 127 cm³/mol. The van der Waals surface area contributed by atoms with E-state index in [9.17, 15) is 5.11 Å². The van der Waals surface area contributed by atoms with Crippen LogP contribution in [0.15, 0.2) is 24.4 Å². The van der Waals surface area contributed by atoms with Crippen LogP contribution >= 0.6 is 0 Å². The number of halogens is 1. The first-order valence-corrected chi connectivity index (χ1v) is 12.2. The van der Waals surface area contributed by atoms with E-state index in [4.69, 9.17) is 0 Å². The molecule has 0 unspecified atom stereocenters. The fourth-order valence-electron chi connectivity index (χ4n) is 6.00. The Labute approximate surface area is 203 Å². The van der Waals surface area contributed by atoms with E-state index in [1.54, 1.807) is 31.4 Å². The van der Waals surface area contributed by atoms with Crippen LogP contribution in [0.25, 0.3) is 22.8 Å². The summed E-state index contributed by atoms with van der Waals surface area (Å²) in [5.41, 5.74) is 0.473. The Hall–Kier alpha value is -3.21. The summed E-state index contributed by atoms with van der Waals surface area (Å²) in [7, 11) is 1.68. The molecule has 4 atom stereocenters. The maximum absolute atomic E-state index is 16.0. The van der Waals surface area contributed by atoms with Crippen molar-refractivity contribution in [1.82, 2.24) is 40.7 Å². The molecule has 2 saturated heterocycles. The van der Waals surface area contributed by atoms with E-state index >= 15 is 4.39 Å². The number of fused-ring (bicyclic) bond motifs is 2. The summed E-state index contributed by atoms with van der Waals surface area (Å²) in [5.74, 6) is 1.31. The van der Waals surface area contributed by atoms with E-state index < -0.39 is 11.7 Å². The first kappa shape index (κ1) is 22.3. The van der Waals surface area contributed by atoms with Crippen LogP contribution in [-0.2, 0) is 7.05 Å². The lowest BCUT2D eigenvalue weighted by molar-refractivity contribution is 0.000258. The number of piperidine rings is 2. The van der Waals surface area contributed by atoms with Gasteiger partial charge < -0.3 is 15.3 Å². The zero-order valence-corrected chi connectivity index (χ0v) is 20.2. The average molecular weight is 480 g/mol. The van der Waals surface area contributed by atoms with Gasteiger partial charge in [-0.1, -0.05) is 6.07 Å². The van der Waals surface area contributed by atoms with Gasteiger partial charge in [0.25, 0.3) is 0 Å². The second-order valence-electron chi connectivity index (χ2n) is 10.7. The summed E-state index contributed by atoms with van der Waals surface area (Å²) in [5, 5.41) is 35.0. The van der Waals surface area contributed by atoms with Gasteiger partial charge in [0.15, 0.2) is 11.6 Å². The van der Waals surface area contributed by atoms with Crippen LogP contribution in [0, 0.1) is 0 Å². The van der Waals surface area contributed by atoms with Gasteiger partial charge in [-0.05, 0) is 69.7 Å². The number of benzene rings is 1. The van der Waals surface area contributed by atoms with Crippen molar-refractivity contribution < 1.29 is 9.50 Å². The maximum Gasteiger partial charge on any atom is 0.205 e. The Morgan fingerprint density at radius 2 is 1.97 bits per heavy atom. The zero-order valence-electron chi connectivity index (χ0n) is 20.2. The summed E-state index contributed by atoms with van der Waals surface area (Å²) >= 11 is 0. The Bertz CT molecular complexity index is 1250. The molecule has 3 aliphatic rings. The lowest BCUT2D eigenvalue weighted by Crippen LogP contribution is -2.73. The molecule has 1 aromatic carbocycles. The smallest absolute Gasteiger partial charge is 0.205 e. The molecule has 1 saturated carbocycles. The molecule has 0 spiro atoms. The van der Waals surface area contributed by atoms with Crippen LogP contribution in [0.1, 0.15) is 52.4 Å². The number of aromatic nitrogens is 7. The van der Waals surface area contributed by atoms with Gasteiger partial charge in [-0.2, -0.15) is 4.80 Å². The van der Waals surface area contributed by atoms with Gasteiger partial charge >= 0.3 is 0 Å². The number of nitrogens with zero attached hydrogens (tertiary/aromatic N) is 8. The number of hydrogen-bond acceptors (Lipinski definition) is 9. The van der Waals surface area contributed by atoms with E-state index in [0.29, 0.717) is 28.6 Å². The molecule has 3 aromatic rings. The predicted octanol–water partition coefficient (Wildman–Crippen LogP) is 2.80. The highest BCUT2D eigenvalue weighted by atomic mass is 19.1. The largest absolute Gasteiger partial charge is 0.507 e. The van der Waals surface area contributed by atoms with Crippen LogP contribution in [0.3, 0.4) is 0 Å². The van der Waals surface area contributed by atoms with Gasteiger partial charge in [-0.15, -0.1) is 20.4 Å². The molecule has 184 valence electrons. The van der Waals surface area contributed by atoms with Gasteiger partial charge in [0.05, 0.1) is 24.8 Å². The number of anilines is 1. The number of tetrazole rings is 1. The second-order valence-corrected chi connectivity index (χ2v) is 10.7. The number of alkyl halides is 1. The molecular weight excluding hydrogens is 449 g/mol. The number of aromatic hydroxyl groups is 1. The molecule has 4 heterocycles. The standard InChI is InChI=1S/C24H30FN9O/c1-23-9-4-10-24(2,31-23)20(25)17(12-23)34(15-6-7-15)19-13-26-22(28-27-19)16-8-5-14(11-18(16)35)21-29-32-33(3)30-21/h5,8,11,13,15,17,20,31,35H,4,6-7,9-10,12H2,1-3H3/t17-,20-,23-,24+/m0/s1. The zero-order chi connectivity index (χ0) is 24.4. The summed E-state index contributed by atoms with van der Waals surface area (Å²) in [6.45, 7) is 4.23. The average Bonchev–Trinajstić information content (AvgIpc) is 3.56. The highest BCUT2D eigenvalue weighted by Gasteiger charge is 2.55. The minimum Gasteiger partial charge on any atom is -0.507 e. The van der Waals surface area contributed by atoms with Crippen molar-refractivity contribution in [3.8, 4) is 28.5 Å². The third-order valence-electron chi connectivity index (χ3n) is 7.73. The first-order valence-electron chi connectivity index (χ1n) is 12.2. The Morgan fingerprint density at radius 1 is 1.14 bits per heavy atom. The molecule has 3 fully saturated rings. The number of phenols is 1. The van der Waals surface area contributed by atoms with Crippen molar-refractivity contribution in [2.45, 2.75) is 81.7 Å². The molecular formula is C24H30FN9O. The Balaban J connectivity index is 1.28. The maximum atomic E-state index is 16.0. The number of phenolic OH excluding ortho intramolecular Hbond substituents is 1. The first-order chi connectivity index (χ1) is 16.7. The summed E-state index contributed by atoms with van der Waals surface area (Å²) in [6.07, 6.45) is 6.34. The minimum atomic E-state index is -1.01. The van der Waals surface area contributed by atoms with E-state index in [2.05, 4.69) is 47.7 Å². The normalized spacial score (nSPS) is 30.3. The lowest BCUT2D eigenvalue weighted by atomic mass is 9.68. The van der Waals surface area contributed by atoms with E-state index in [1.807, 2.05) is 6.92 Å². The molecule has 2 aliphatic heterocycles. The van der Waals surface area contributed by atoms with Crippen LogP contribution < -0.4 is 10.2 Å². The van der Waals surface area contributed by atoms with Gasteiger partial charge in [0.1, 0.15) is 11.9 Å². The molecule has 0 amide bonds. The Kier molecular flexibility index (Phi) is 5.03. The van der Waals surface area contributed by atoms with Crippen molar-refractivity contribution in [3.63, 3.8) is 0 Å². The second kappa shape index (κ2) is 7.91. The number of hydrogen-bond donors (Lipinski definition) is 2. The van der Waals surface area contributed by atoms with E-state index in [-0.39, 0.29) is 23.4 Å². The topological polar surface area (TPSA) is 118 Å². The lowest BCUT2D eigenvalue weighted by Gasteiger charge is -2.57. The highest BCUT2D eigenvalue weighted by molar-refractivity contribution is 5.70. The number of aryl methyl sites for hydroxylation is 1. The van der Waals surface area contributed by atoms with Crippen LogP contribution in [0.4, 0.5) is 10.2 Å². The third-order valence-corrected chi connectivity index (χ3v) is 7.73. The van der Waals surface area contributed by atoms with Gasteiger partial charge in [0, 0.05) is 22.7 Å². The van der Waals surface area contributed by atoms with Crippen molar-refractivity contribution in [2.24, 2.45) is 7.05 Å². The van der Waals surface area contributed by atoms with Crippen LogP contribution in [-0.4, -0.2) is 69.8 Å². The molecule has 2 bridgehead atoms. The molecule has 35 heavy (non-hydrogen) atoms. The number of nitrogens with one attached hydrogen (secondary N) is 1. The third kappa shape index (κ3) is 3.91. The van der Waals surface area contributed by atoms with E-state index in [1.165, 1.54) is 4.80 Å². The molecule has 10 nitrogen and oxygen atoms in total.